The third kappa shape index (κ3) is 2.51. The topological polar surface area (TPSA) is 68.3 Å². The lowest BCUT2D eigenvalue weighted by atomic mass is 9.90. The lowest BCUT2D eigenvalue weighted by molar-refractivity contribution is 0.238. The maximum Gasteiger partial charge on any atom is 0.208 e. The van der Waals surface area contributed by atoms with E-state index < -0.39 is 9.84 Å². The zero-order valence-electron chi connectivity index (χ0n) is 12.2. The number of nitrogens with zero attached hydrogens (tertiary/aromatic N) is 1. The molecule has 1 N–H and O–H groups in total. The van der Waals surface area contributed by atoms with Crippen LogP contribution >= 0.6 is 11.6 Å². The van der Waals surface area contributed by atoms with Crippen LogP contribution in [-0.4, -0.2) is 32.6 Å². The molecule has 2 aliphatic heterocycles. The number of hydrogen-bond acceptors (Lipinski definition) is 5. The highest BCUT2D eigenvalue weighted by Crippen LogP contribution is 2.40. The Kier molecular flexibility index (Phi) is 3.55. The van der Waals surface area contributed by atoms with Gasteiger partial charge in [0.2, 0.25) is 9.84 Å². The minimum atomic E-state index is -3.66. The van der Waals surface area contributed by atoms with Crippen molar-refractivity contribution >= 4 is 21.4 Å². The molecule has 1 fully saturated rings. The van der Waals surface area contributed by atoms with Gasteiger partial charge in [0, 0.05) is 24.4 Å². The highest BCUT2D eigenvalue weighted by Gasteiger charge is 2.35. The molecule has 2 unspecified atom stereocenters. The van der Waals surface area contributed by atoms with E-state index in [1.165, 1.54) is 18.5 Å². The Balaban J connectivity index is 1.76. The first-order valence-electron chi connectivity index (χ1n) is 7.41. The molecule has 2 aliphatic rings. The lowest BCUT2D eigenvalue weighted by Crippen LogP contribution is -2.35. The summed E-state index contributed by atoms with van der Waals surface area (Å²) in [5, 5.41) is 3.70. The molecule has 0 aliphatic carbocycles. The fourth-order valence-electron chi connectivity index (χ4n) is 3.28. The molecule has 1 aromatic heterocycles. The molecule has 0 saturated carbocycles. The number of aromatic nitrogens is 1. The van der Waals surface area contributed by atoms with Gasteiger partial charge in [-0.3, -0.25) is 4.98 Å². The fraction of sp³-hybridized carbons (Fsp3) is 0.312. The monoisotopic (exact) mass is 350 g/mol. The summed E-state index contributed by atoms with van der Waals surface area (Å²) in [5.74, 6) is 1.05. The molecule has 2 atom stereocenters. The molecule has 23 heavy (non-hydrogen) atoms. The van der Waals surface area contributed by atoms with Crippen molar-refractivity contribution < 1.29 is 13.2 Å². The number of benzene rings is 1. The van der Waals surface area contributed by atoms with Gasteiger partial charge in [-0.1, -0.05) is 17.7 Å². The second-order valence-electron chi connectivity index (χ2n) is 5.81. The molecule has 0 amide bonds. The van der Waals surface area contributed by atoms with Crippen LogP contribution < -0.4 is 10.1 Å². The molecular weight excluding hydrogens is 336 g/mol. The van der Waals surface area contributed by atoms with Gasteiger partial charge >= 0.3 is 0 Å². The van der Waals surface area contributed by atoms with E-state index in [2.05, 4.69) is 10.3 Å². The van der Waals surface area contributed by atoms with Gasteiger partial charge in [0.15, 0.2) is 0 Å². The normalized spacial score (nSPS) is 23.0. The van der Waals surface area contributed by atoms with E-state index >= 15 is 0 Å². The highest BCUT2D eigenvalue weighted by atomic mass is 35.5. The van der Waals surface area contributed by atoms with Crippen LogP contribution in [0.15, 0.2) is 46.5 Å². The van der Waals surface area contributed by atoms with Gasteiger partial charge in [-0.2, -0.15) is 0 Å². The number of rotatable bonds is 2. The zero-order valence-corrected chi connectivity index (χ0v) is 13.8. The summed E-state index contributed by atoms with van der Waals surface area (Å²) in [7, 11) is -3.66. The van der Waals surface area contributed by atoms with Crippen LogP contribution in [0, 0.1) is 0 Å². The quantitative estimate of drug-likeness (QED) is 0.900. The number of hydrogen-bond donors (Lipinski definition) is 1. The van der Waals surface area contributed by atoms with E-state index in [1.807, 2.05) is 6.07 Å². The molecule has 2 aromatic rings. The van der Waals surface area contributed by atoms with Crippen molar-refractivity contribution in [1.82, 2.24) is 10.3 Å². The Hall–Kier alpha value is -1.63. The first-order chi connectivity index (χ1) is 11.1. The van der Waals surface area contributed by atoms with E-state index in [0.717, 1.165) is 18.5 Å². The Labute approximate surface area is 139 Å². The average molecular weight is 351 g/mol. The van der Waals surface area contributed by atoms with Crippen molar-refractivity contribution in [3.8, 4) is 5.75 Å². The van der Waals surface area contributed by atoms with Crippen LogP contribution in [0.2, 0.25) is 5.02 Å². The summed E-state index contributed by atoms with van der Waals surface area (Å²) in [5.41, 5.74) is 1.08. The third-order valence-corrected chi connectivity index (χ3v) is 6.38. The van der Waals surface area contributed by atoms with Crippen LogP contribution in [0.3, 0.4) is 0 Å². The van der Waals surface area contributed by atoms with Crippen molar-refractivity contribution in [3.63, 3.8) is 0 Å². The summed E-state index contributed by atoms with van der Waals surface area (Å²) < 4.78 is 31.2. The summed E-state index contributed by atoms with van der Waals surface area (Å²) in [6.07, 6.45) is 3.76. The fourth-order valence-corrected chi connectivity index (χ4v) is 4.79. The van der Waals surface area contributed by atoms with Crippen molar-refractivity contribution in [2.24, 2.45) is 0 Å². The van der Waals surface area contributed by atoms with Crippen molar-refractivity contribution in [2.45, 2.75) is 28.2 Å². The van der Waals surface area contributed by atoms with Crippen molar-refractivity contribution in [2.75, 3.05) is 13.2 Å². The lowest BCUT2D eigenvalue weighted by Gasteiger charge is -2.28. The first-order valence-corrected chi connectivity index (χ1v) is 9.27. The number of halogens is 1. The molecule has 0 bridgehead atoms. The maximum atomic E-state index is 12.7. The van der Waals surface area contributed by atoms with E-state index in [0.29, 0.717) is 29.3 Å². The maximum absolute atomic E-state index is 12.7. The van der Waals surface area contributed by atoms with Gasteiger partial charge in [-0.05, 0) is 36.7 Å². The average Bonchev–Trinajstić information content (AvgIpc) is 3.03. The van der Waals surface area contributed by atoms with E-state index in [1.54, 1.807) is 12.1 Å². The molecular formula is C16H15ClN2O3S. The second-order valence-corrected chi connectivity index (χ2v) is 8.19. The second kappa shape index (κ2) is 5.47. The Morgan fingerprint density at radius 3 is 2.91 bits per heavy atom. The van der Waals surface area contributed by atoms with Crippen LogP contribution in [0.4, 0.5) is 0 Å². The van der Waals surface area contributed by atoms with Gasteiger partial charge < -0.3 is 10.1 Å². The standard InChI is InChI=1S/C16H15ClN2O3S/c17-10-5-12(8-18-7-10)23(20,21)11-1-2-14-13-3-4-19-15(13)9-22-16(14)6-11/h1-2,5-8,13,15,19H,3-4,9H2. The number of fused-ring (bicyclic) bond motifs is 3. The number of pyridine rings is 1. The van der Waals surface area contributed by atoms with E-state index in [-0.39, 0.29) is 9.79 Å². The minimum absolute atomic E-state index is 0.0844. The molecule has 4 rings (SSSR count). The van der Waals surface area contributed by atoms with Gasteiger partial charge in [0.1, 0.15) is 12.4 Å². The molecule has 3 heterocycles. The van der Waals surface area contributed by atoms with E-state index in [4.69, 9.17) is 16.3 Å². The molecule has 5 nitrogen and oxygen atoms in total. The van der Waals surface area contributed by atoms with Crippen LogP contribution in [0.5, 0.6) is 5.75 Å². The van der Waals surface area contributed by atoms with Gasteiger partial charge in [0.05, 0.1) is 14.8 Å². The number of nitrogens with one attached hydrogen (secondary N) is 1. The summed E-state index contributed by atoms with van der Waals surface area (Å²) in [6.45, 7) is 1.53. The molecule has 0 radical (unpaired) electrons. The van der Waals surface area contributed by atoms with Gasteiger partial charge in [-0.25, -0.2) is 8.42 Å². The largest absolute Gasteiger partial charge is 0.492 e. The molecule has 0 spiro atoms. The molecule has 7 heteroatoms. The SMILES string of the molecule is O=S(=O)(c1cncc(Cl)c1)c1ccc2c(c1)OCC1NCCC21. The zero-order chi connectivity index (χ0) is 16.0. The smallest absolute Gasteiger partial charge is 0.208 e. The molecule has 1 saturated heterocycles. The number of ether oxygens (including phenoxy) is 1. The van der Waals surface area contributed by atoms with Crippen LogP contribution in [0.25, 0.3) is 0 Å². The minimum Gasteiger partial charge on any atom is -0.492 e. The predicted molar refractivity (Wildman–Crippen MR) is 85.8 cm³/mol. The first kappa shape index (κ1) is 14.9. The van der Waals surface area contributed by atoms with Crippen LogP contribution in [-0.2, 0) is 9.84 Å². The van der Waals surface area contributed by atoms with Gasteiger partial charge in [-0.15, -0.1) is 0 Å². The molecule has 1 aromatic carbocycles. The summed E-state index contributed by atoms with van der Waals surface area (Å²) >= 11 is 5.86. The van der Waals surface area contributed by atoms with Crippen LogP contribution in [0.1, 0.15) is 17.9 Å². The molecule has 120 valence electrons. The third-order valence-electron chi connectivity index (χ3n) is 4.45. The predicted octanol–water partition coefficient (Wildman–Crippen LogP) is 2.41. The Morgan fingerprint density at radius 2 is 2.09 bits per heavy atom. The Bertz CT molecular complexity index is 869. The van der Waals surface area contributed by atoms with E-state index in [9.17, 15) is 8.42 Å². The summed E-state index contributed by atoms with van der Waals surface area (Å²) in [6, 6.07) is 6.84. The van der Waals surface area contributed by atoms with Gasteiger partial charge in [0.25, 0.3) is 0 Å². The highest BCUT2D eigenvalue weighted by molar-refractivity contribution is 7.91. The van der Waals surface area contributed by atoms with Crippen molar-refractivity contribution in [3.05, 3.63) is 47.2 Å². The summed E-state index contributed by atoms with van der Waals surface area (Å²) in [4.78, 5) is 4.14. The Morgan fingerprint density at radius 1 is 1.22 bits per heavy atom. The number of sulfone groups is 1. The van der Waals surface area contributed by atoms with Crippen molar-refractivity contribution in [1.29, 1.82) is 0 Å².